The smallest absolute Gasteiger partial charge is 0.267 e. The number of nitrogens with zero attached hydrogens (tertiary/aromatic N) is 3. The highest BCUT2D eigenvalue weighted by molar-refractivity contribution is 7.07. The van der Waals surface area contributed by atoms with E-state index < -0.39 is 0 Å². The van der Waals surface area contributed by atoms with Crippen LogP contribution in [0.5, 0.6) is 0 Å². The van der Waals surface area contributed by atoms with Crippen molar-refractivity contribution in [3.05, 3.63) is 10.6 Å². The minimum Gasteiger partial charge on any atom is -0.394 e. The molecule has 0 aromatic carbocycles. The molecule has 0 radical (unpaired) electrons. The van der Waals surface area contributed by atoms with E-state index in [0.717, 1.165) is 24.4 Å². The molecule has 2 rings (SSSR count). The summed E-state index contributed by atoms with van der Waals surface area (Å²) in [7, 11) is 0. The summed E-state index contributed by atoms with van der Waals surface area (Å²) in [5.41, 5.74) is 0.698. The number of likely N-dealkylation sites (tertiary alicyclic amines) is 1. The topological polar surface area (TPSA) is 75.6 Å². The van der Waals surface area contributed by atoms with Crippen LogP contribution in [0.15, 0.2) is 0 Å². The Morgan fingerprint density at radius 3 is 2.83 bits per heavy atom. The maximum Gasteiger partial charge on any atom is 0.267 e. The van der Waals surface area contributed by atoms with Gasteiger partial charge in [-0.15, -0.1) is 5.10 Å². The normalized spacial score (nSPS) is 17.1. The van der Waals surface area contributed by atoms with Gasteiger partial charge in [0.1, 0.15) is 4.88 Å². The Kier molecular flexibility index (Phi) is 4.62. The molecule has 0 bridgehead atoms. The lowest BCUT2D eigenvalue weighted by molar-refractivity contribution is -0.00546. The molecule has 0 saturated carbocycles. The maximum atomic E-state index is 12.2. The third-order valence-electron chi connectivity index (χ3n) is 3.02. The minimum atomic E-state index is 0.0168. The average Bonchev–Trinajstić information content (AvgIpc) is 2.82. The molecule has 1 saturated heterocycles. The van der Waals surface area contributed by atoms with Crippen LogP contribution in [0.1, 0.15) is 28.2 Å². The van der Waals surface area contributed by atoms with Gasteiger partial charge in [-0.1, -0.05) is 4.49 Å². The molecule has 1 aliphatic rings. The van der Waals surface area contributed by atoms with Gasteiger partial charge in [-0.25, -0.2) is 0 Å². The van der Waals surface area contributed by atoms with Gasteiger partial charge in [0.2, 0.25) is 0 Å². The number of amides is 1. The number of ether oxygens (including phenoxy) is 1. The van der Waals surface area contributed by atoms with Crippen LogP contribution in [-0.4, -0.2) is 57.9 Å². The van der Waals surface area contributed by atoms with Crippen LogP contribution in [0.3, 0.4) is 0 Å². The highest BCUT2D eigenvalue weighted by atomic mass is 32.1. The van der Waals surface area contributed by atoms with Gasteiger partial charge in [0, 0.05) is 13.1 Å². The van der Waals surface area contributed by atoms with Gasteiger partial charge >= 0.3 is 0 Å². The third-order valence-corrected chi connectivity index (χ3v) is 3.84. The predicted octanol–water partition coefficient (Wildman–Crippen LogP) is 0.460. The fraction of sp³-hybridized carbons (Fsp3) is 0.727. The Bertz CT molecular complexity index is 402. The monoisotopic (exact) mass is 271 g/mol. The van der Waals surface area contributed by atoms with Gasteiger partial charge in [-0.2, -0.15) is 0 Å². The van der Waals surface area contributed by atoms with Crippen molar-refractivity contribution in [2.45, 2.75) is 25.9 Å². The number of rotatable bonds is 4. The van der Waals surface area contributed by atoms with Gasteiger partial charge in [0.05, 0.1) is 25.0 Å². The van der Waals surface area contributed by atoms with Crippen LogP contribution in [-0.2, 0) is 4.74 Å². The zero-order valence-corrected chi connectivity index (χ0v) is 11.2. The second-order valence-electron chi connectivity index (χ2n) is 4.27. The van der Waals surface area contributed by atoms with E-state index in [-0.39, 0.29) is 18.6 Å². The maximum absolute atomic E-state index is 12.2. The number of hydrogen-bond donors (Lipinski definition) is 1. The molecule has 18 heavy (non-hydrogen) atoms. The van der Waals surface area contributed by atoms with Crippen molar-refractivity contribution in [2.75, 3.05) is 26.3 Å². The Hall–Kier alpha value is -1.05. The molecule has 0 atom stereocenters. The highest BCUT2D eigenvalue weighted by Crippen LogP contribution is 2.18. The van der Waals surface area contributed by atoms with E-state index in [9.17, 15) is 4.79 Å². The van der Waals surface area contributed by atoms with Crippen LogP contribution >= 0.6 is 11.5 Å². The van der Waals surface area contributed by atoms with E-state index in [1.54, 1.807) is 6.92 Å². The first-order chi connectivity index (χ1) is 8.72. The molecule has 0 spiro atoms. The van der Waals surface area contributed by atoms with E-state index in [1.807, 2.05) is 4.90 Å². The molecule has 100 valence electrons. The molecular formula is C11H17N3O3S. The average molecular weight is 271 g/mol. The van der Waals surface area contributed by atoms with Crippen molar-refractivity contribution >= 4 is 17.4 Å². The molecule has 6 nitrogen and oxygen atoms in total. The number of aryl methyl sites for hydroxylation is 1. The number of hydrogen-bond acceptors (Lipinski definition) is 6. The summed E-state index contributed by atoms with van der Waals surface area (Å²) in [4.78, 5) is 14.6. The molecule has 1 aliphatic heterocycles. The van der Waals surface area contributed by atoms with Crippen molar-refractivity contribution in [3.63, 3.8) is 0 Å². The van der Waals surface area contributed by atoms with Gasteiger partial charge in [-0.3, -0.25) is 4.79 Å². The largest absolute Gasteiger partial charge is 0.394 e. The number of piperidine rings is 1. The fourth-order valence-corrected chi connectivity index (χ4v) is 2.64. The lowest BCUT2D eigenvalue weighted by Crippen LogP contribution is -2.41. The second kappa shape index (κ2) is 6.21. The second-order valence-corrected chi connectivity index (χ2v) is 5.03. The SMILES string of the molecule is Cc1nnsc1C(=O)N1CCC(OCCO)CC1. The molecule has 7 heteroatoms. The summed E-state index contributed by atoms with van der Waals surface area (Å²) >= 11 is 1.15. The van der Waals surface area contributed by atoms with Crippen LogP contribution in [0.25, 0.3) is 0 Å². The lowest BCUT2D eigenvalue weighted by atomic mass is 10.1. The summed E-state index contributed by atoms with van der Waals surface area (Å²) in [6, 6.07) is 0. The Morgan fingerprint density at radius 2 is 2.28 bits per heavy atom. The van der Waals surface area contributed by atoms with Crippen molar-refractivity contribution in [1.29, 1.82) is 0 Å². The van der Waals surface area contributed by atoms with E-state index in [1.165, 1.54) is 0 Å². The van der Waals surface area contributed by atoms with E-state index in [2.05, 4.69) is 9.59 Å². The fourth-order valence-electron chi connectivity index (χ4n) is 2.02. The molecule has 0 unspecified atom stereocenters. The minimum absolute atomic E-state index is 0.0168. The van der Waals surface area contributed by atoms with Gasteiger partial charge in [0.15, 0.2) is 0 Å². The van der Waals surface area contributed by atoms with Gasteiger partial charge in [-0.05, 0) is 31.3 Å². The molecule has 2 heterocycles. The molecular weight excluding hydrogens is 254 g/mol. The Labute approximate surface area is 110 Å². The zero-order chi connectivity index (χ0) is 13.0. The zero-order valence-electron chi connectivity index (χ0n) is 10.3. The molecule has 1 aromatic heterocycles. The van der Waals surface area contributed by atoms with Crippen molar-refractivity contribution < 1.29 is 14.6 Å². The summed E-state index contributed by atoms with van der Waals surface area (Å²) in [6.45, 7) is 3.59. The van der Waals surface area contributed by atoms with E-state index in [0.29, 0.717) is 30.3 Å². The van der Waals surface area contributed by atoms with Crippen molar-refractivity contribution in [1.82, 2.24) is 14.5 Å². The van der Waals surface area contributed by atoms with E-state index in [4.69, 9.17) is 9.84 Å². The predicted molar refractivity (Wildman–Crippen MR) is 66.6 cm³/mol. The van der Waals surface area contributed by atoms with E-state index >= 15 is 0 Å². The van der Waals surface area contributed by atoms with Gasteiger partial charge < -0.3 is 14.7 Å². The van der Waals surface area contributed by atoms with Crippen LogP contribution in [0.4, 0.5) is 0 Å². The number of carbonyl (C=O) groups is 1. The lowest BCUT2D eigenvalue weighted by Gasteiger charge is -2.31. The number of aliphatic hydroxyl groups excluding tert-OH is 1. The quantitative estimate of drug-likeness (QED) is 0.861. The van der Waals surface area contributed by atoms with Gasteiger partial charge in [0.25, 0.3) is 5.91 Å². The van der Waals surface area contributed by atoms with Crippen LogP contribution in [0.2, 0.25) is 0 Å². The number of aromatic nitrogens is 2. The summed E-state index contributed by atoms with van der Waals surface area (Å²) < 4.78 is 9.25. The molecule has 1 aromatic rings. The molecule has 1 N–H and O–H groups in total. The third kappa shape index (κ3) is 3.04. The molecule has 1 amide bonds. The first-order valence-electron chi connectivity index (χ1n) is 6.03. The Morgan fingerprint density at radius 1 is 1.56 bits per heavy atom. The summed E-state index contributed by atoms with van der Waals surface area (Å²) in [6.07, 6.45) is 1.79. The van der Waals surface area contributed by atoms with Crippen molar-refractivity contribution in [3.8, 4) is 0 Å². The molecule has 0 aliphatic carbocycles. The molecule has 1 fully saturated rings. The Balaban J connectivity index is 1.86. The first kappa shape index (κ1) is 13.4. The van der Waals surface area contributed by atoms with Crippen LogP contribution in [0, 0.1) is 6.92 Å². The number of carbonyl (C=O) groups excluding carboxylic acids is 1. The highest BCUT2D eigenvalue weighted by Gasteiger charge is 2.26. The summed E-state index contributed by atoms with van der Waals surface area (Å²) in [5, 5.41) is 12.5. The van der Waals surface area contributed by atoms with Crippen LogP contribution < -0.4 is 0 Å². The first-order valence-corrected chi connectivity index (χ1v) is 6.80. The number of aliphatic hydroxyl groups is 1. The summed E-state index contributed by atoms with van der Waals surface area (Å²) in [5.74, 6) is 0.0168. The standard InChI is InChI=1S/C11H17N3O3S/c1-8-10(18-13-12-8)11(16)14-4-2-9(3-5-14)17-7-6-15/h9,15H,2-7H2,1H3. The van der Waals surface area contributed by atoms with Crippen molar-refractivity contribution in [2.24, 2.45) is 0 Å².